The largest absolute Gasteiger partial charge is 0.468 e. The van der Waals surface area contributed by atoms with Crippen molar-refractivity contribution in [3.05, 3.63) is 58.2 Å². The molecule has 0 unspecified atom stereocenters. The van der Waals surface area contributed by atoms with Gasteiger partial charge in [0.25, 0.3) is 0 Å². The van der Waals surface area contributed by atoms with Gasteiger partial charge in [0.05, 0.1) is 12.7 Å². The van der Waals surface area contributed by atoms with Crippen molar-refractivity contribution in [2.75, 3.05) is 7.11 Å². The fraction of sp³-hybridized carbons (Fsp3) is 0.500. The summed E-state index contributed by atoms with van der Waals surface area (Å²) in [5.41, 5.74) is 2.59. The average molecular weight is 456 g/mol. The number of hydrogen-bond donors (Lipinski definition) is 1. The lowest BCUT2D eigenvalue weighted by atomic mass is 9.69. The van der Waals surface area contributed by atoms with Crippen LogP contribution >= 0.6 is 0 Å². The number of allylic oxidation sites excluding steroid dienone is 3. The van der Waals surface area contributed by atoms with E-state index in [0.717, 1.165) is 32.1 Å². The average Bonchev–Trinajstić information content (AvgIpc) is 2.79. The molecule has 7 heteroatoms. The number of hydrogen-bond acceptors (Lipinski definition) is 6. The minimum Gasteiger partial charge on any atom is -0.468 e. The maximum absolute atomic E-state index is 13.7. The summed E-state index contributed by atoms with van der Waals surface area (Å²) in [5.74, 6) is -3.80. The van der Waals surface area contributed by atoms with E-state index in [1.165, 1.54) is 19.2 Å². The smallest absolute Gasteiger partial charge is 0.337 e. The number of carbonyl (C=O) groups is 3. The Morgan fingerprint density at radius 3 is 2.39 bits per heavy atom. The van der Waals surface area contributed by atoms with E-state index in [2.05, 4.69) is 5.32 Å². The minimum absolute atomic E-state index is 0.152. The number of rotatable bonds is 4. The van der Waals surface area contributed by atoms with E-state index < -0.39 is 29.6 Å². The van der Waals surface area contributed by atoms with Crippen LogP contribution in [0.3, 0.4) is 0 Å². The van der Waals surface area contributed by atoms with Gasteiger partial charge in [-0.2, -0.15) is 0 Å². The molecule has 6 nitrogen and oxygen atoms in total. The lowest BCUT2D eigenvalue weighted by Gasteiger charge is -2.38. The molecule has 3 aliphatic rings. The monoisotopic (exact) mass is 455 g/mol. The molecular weight excluding hydrogens is 425 g/mol. The first-order chi connectivity index (χ1) is 15.8. The van der Waals surface area contributed by atoms with Crippen LogP contribution in [0.1, 0.15) is 63.9 Å². The lowest BCUT2D eigenvalue weighted by molar-refractivity contribution is -0.151. The predicted molar refractivity (Wildman–Crippen MR) is 119 cm³/mol. The van der Waals surface area contributed by atoms with Gasteiger partial charge < -0.3 is 14.8 Å². The van der Waals surface area contributed by atoms with Crippen LogP contribution < -0.4 is 5.32 Å². The molecule has 1 N–H and O–H groups in total. The van der Waals surface area contributed by atoms with Gasteiger partial charge in [0.1, 0.15) is 17.8 Å². The molecule has 0 spiro atoms. The van der Waals surface area contributed by atoms with Gasteiger partial charge in [0.15, 0.2) is 5.78 Å². The van der Waals surface area contributed by atoms with Gasteiger partial charge in [0, 0.05) is 22.9 Å². The van der Waals surface area contributed by atoms with Gasteiger partial charge in [-0.15, -0.1) is 0 Å². The van der Waals surface area contributed by atoms with Gasteiger partial charge in [-0.25, -0.2) is 9.18 Å². The number of ether oxygens (including phenoxy) is 2. The van der Waals surface area contributed by atoms with Crippen molar-refractivity contribution >= 4 is 17.7 Å². The molecule has 4 rings (SSSR count). The molecule has 1 aromatic carbocycles. The normalized spacial score (nSPS) is 25.9. The predicted octanol–water partition coefficient (Wildman–Crippen LogP) is 4.31. The van der Waals surface area contributed by atoms with E-state index in [0.29, 0.717) is 34.5 Å². The van der Waals surface area contributed by atoms with Crippen molar-refractivity contribution in [3.8, 4) is 0 Å². The number of halogens is 1. The number of nitrogens with one attached hydrogen (secondary N) is 1. The second-order valence-electron chi connectivity index (χ2n) is 9.25. The van der Waals surface area contributed by atoms with Crippen molar-refractivity contribution < 1.29 is 28.2 Å². The number of esters is 2. The standard InChI is InChI=1S/C26H30FNO5/c1-14-13-19-23(24(29)20(14)25(30)32-3)22(16-9-11-17(27)12-10-16)21(15(2)28-19)26(31)33-18-7-5-4-6-8-18/h9-12,14,18,20,22,28H,4-8,13H2,1-3H3/t14-,20+,22+/m0/s1. The topological polar surface area (TPSA) is 81.7 Å². The van der Waals surface area contributed by atoms with E-state index in [1.54, 1.807) is 19.1 Å². The van der Waals surface area contributed by atoms with Crippen LogP contribution in [0.5, 0.6) is 0 Å². The molecule has 1 aromatic rings. The summed E-state index contributed by atoms with van der Waals surface area (Å²) < 4.78 is 24.5. The summed E-state index contributed by atoms with van der Waals surface area (Å²) >= 11 is 0. The van der Waals surface area contributed by atoms with Crippen LogP contribution in [-0.4, -0.2) is 30.9 Å². The molecule has 1 fully saturated rings. The van der Waals surface area contributed by atoms with Crippen LogP contribution in [0.15, 0.2) is 46.8 Å². The quantitative estimate of drug-likeness (QED) is 0.538. The number of Topliss-reactive ketones (excluding diaryl/α,β-unsaturated/α-hetero) is 1. The molecular formula is C26H30FNO5. The van der Waals surface area contributed by atoms with Gasteiger partial charge in [-0.1, -0.05) is 25.5 Å². The highest BCUT2D eigenvalue weighted by atomic mass is 19.1. The Kier molecular flexibility index (Phi) is 6.68. The minimum atomic E-state index is -0.951. The van der Waals surface area contributed by atoms with Crippen LogP contribution in [-0.2, 0) is 23.9 Å². The van der Waals surface area contributed by atoms with Crippen molar-refractivity contribution in [2.45, 2.75) is 64.4 Å². The van der Waals surface area contributed by atoms with E-state index in [1.807, 2.05) is 6.92 Å². The number of ketones is 1. The van der Waals surface area contributed by atoms with E-state index in [-0.39, 0.29) is 17.8 Å². The highest BCUT2D eigenvalue weighted by molar-refractivity contribution is 6.12. The first kappa shape index (κ1) is 23.2. The first-order valence-corrected chi connectivity index (χ1v) is 11.6. The second-order valence-corrected chi connectivity index (χ2v) is 9.25. The van der Waals surface area contributed by atoms with Crippen LogP contribution in [0.4, 0.5) is 4.39 Å². The fourth-order valence-electron chi connectivity index (χ4n) is 5.34. The summed E-state index contributed by atoms with van der Waals surface area (Å²) in [6.07, 6.45) is 5.11. The molecule has 176 valence electrons. The Bertz CT molecular complexity index is 1020. The van der Waals surface area contributed by atoms with Crippen molar-refractivity contribution in [2.24, 2.45) is 11.8 Å². The Morgan fingerprint density at radius 2 is 1.76 bits per heavy atom. The zero-order valence-electron chi connectivity index (χ0n) is 19.3. The SMILES string of the molecule is COC(=O)[C@H]1C(=O)C2=C(C[C@@H]1C)NC(C)=C(C(=O)OC1CCCCC1)[C@H]2c1ccc(F)cc1. The fourth-order valence-corrected chi connectivity index (χ4v) is 5.34. The molecule has 1 saturated carbocycles. The summed E-state index contributed by atoms with van der Waals surface area (Å²) in [6.45, 7) is 3.63. The van der Waals surface area contributed by atoms with Gasteiger partial charge in [-0.3, -0.25) is 9.59 Å². The molecule has 33 heavy (non-hydrogen) atoms. The molecule has 2 aliphatic carbocycles. The summed E-state index contributed by atoms with van der Waals surface area (Å²) in [5, 5.41) is 3.25. The highest BCUT2D eigenvalue weighted by Crippen LogP contribution is 2.45. The number of methoxy groups -OCH3 is 1. The summed E-state index contributed by atoms with van der Waals surface area (Å²) in [4.78, 5) is 39.5. The third-order valence-corrected chi connectivity index (χ3v) is 6.99. The Morgan fingerprint density at radius 1 is 1.09 bits per heavy atom. The van der Waals surface area contributed by atoms with Gasteiger partial charge >= 0.3 is 11.9 Å². The summed E-state index contributed by atoms with van der Waals surface area (Å²) in [6, 6.07) is 5.78. The Hall–Kier alpha value is -2.96. The lowest BCUT2D eigenvalue weighted by Crippen LogP contribution is -2.43. The van der Waals surface area contributed by atoms with Crippen LogP contribution in [0, 0.1) is 17.7 Å². The molecule has 0 radical (unpaired) electrons. The maximum Gasteiger partial charge on any atom is 0.337 e. The third kappa shape index (κ3) is 4.45. The number of carbonyl (C=O) groups excluding carboxylic acids is 3. The second kappa shape index (κ2) is 9.49. The van der Waals surface area contributed by atoms with Crippen molar-refractivity contribution in [3.63, 3.8) is 0 Å². The molecule has 0 saturated heterocycles. The number of benzene rings is 1. The Balaban J connectivity index is 1.77. The molecule has 0 bridgehead atoms. The maximum atomic E-state index is 13.7. The van der Waals surface area contributed by atoms with Crippen LogP contribution in [0.2, 0.25) is 0 Å². The molecule has 0 aromatic heterocycles. The first-order valence-electron chi connectivity index (χ1n) is 11.6. The van der Waals surface area contributed by atoms with Crippen molar-refractivity contribution in [1.29, 1.82) is 0 Å². The van der Waals surface area contributed by atoms with E-state index >= 15 is 0 Å². The zero-order chi connectivity index (χ0) is 23.7. The molecule has 1 heterocycles. The molecule has 3 atom stereocenters. The summed E-state index contributed by atoms with van der Waals surface area (Å²) in [7, 11) is 1.26. The van der Waals surface area contributed by atoms with Crippen molar-refractivity contribution in [1.82, 2.24) is 5.32 Å². The third-order valence-electron chi connectivity index (χ3n) is 6.99. The van der Waals surface area contributed by atoms with Crippen LogP contribution in [0.25, 0.3) is 0 Å². The van der Waals surface area contributed by atoms with Gasteiger partial charge in [0.2, 0.25) is 0 Å². The number of dihydropyridines is 1. The molecule has 1 aliphatic heterocycles. The Labute approximate surface area is 193 Å². The highest BCUT2D eigenvalue weighted by Gasteiger charge is 2.47. The van der Waals surface area contributed by atoms with E-state index in [9.17, 15) is 18.8 Å². The molecule has 0 amide bonds. The zero-order valence-corrected chi connectivity index (χ0v) is 19.3. The van der Waals surface area contributed by atoms with E-state index in [4.69, 9.17) is 9.47 Å². The van der Waals surface area contributed by atoms with Gasteiger partial charge in [-0.05, 0) is 62.6 Å².